The molecule has 1 aromatic heterocycles. The van der Waals surface area contributed by atoms with Gasteiger partial charge in [0.25, 0.3) is 0 Å². The molecule has 2 fully saturated rings. The van der Waals surface area contributed by atoms with E-state index in [2.05, 4.69) is 16.8 Å². The number of thiophene rings is 1. The third-order valence-corrected chi connectivity index (χ3v) is 5.19. The zero-order valence-electron chi connectivity index (χ0n) is 12.9. The zero-order chi connectivity index (χ0) is 15.5. The molecule has 0 bridgehead atoms. The van der Waals surface area contributed by atoms with Crippen LogP contribution in [-0.4, -0.2) is 47.4 Å². The Balaban J connectivity index is 1.57. The third-order valence-electron chi connectivity index (χ3n) is 4.49. The highest BCUT2D eigenvalue weighted by atomic mass is 32.1. The smallest absolute Gasteiger partial charge is 0.317 e. The van der Waals surface area contributed by atoms with Gasteiger partial charge in [0.2, 0.25) is 0 Å². The van der Waals surface area contributed by atoms with Gasteiger partial charge in [0.1, 0.15) is 6.10 Å². The van der Waals surface area contributed by atoms with Crippen molar-refractivity contribution in [1.29, 1.82) is 0 Å². The van der Waals surface area contributed by atoms with Crippen LogP contribution in [0.15, 0.2) is 16.8 Å². The number of carbonyl (C=O) groups is 1. The molecule has 0 spiro atoms. The van der Waals surface area contributed by atoms with E-state index in [1.165, 1.54) is 0 Å². The number of hydrogen-bond acceptors (Lipinski definition) is 4. The fraction of sp³-hybridized carbons (Fsp3) is 0.688. The molecule has 1 aromatic rings. The number of carbonyl (C=O) groups excluding carboxylic acids is 1. The van der Waals surface area contributed by atoms with Gasteiger partial charge >= 0.3 is 6.03 Å². The highest BCUT2D eigenvalue weighted by Crippen LogP contribution is 2.27. The Hall–Kier alpha value is -1.11. The molecular weight excluding hydrogens is 300 g/mol. The average Bonchev–Trinajstić information content (AvgIpc) is 3.03. The van der Waals surface area contributed by atoms with E-state index in [1.54, 1.807) is 11.3 Å². The Morgan fingerprint density at radius 2 is 2.14 bits per heavy atom. The maximum Gasteiger partial charge on any atom is 0.317 e. The van der Waals surface area contributed by atoms with Gasteiger partial charge in [0.15, 0.2) is 0 Å². The Bertz CT molecular complexity index is 486. The number of nitrogens with one attached hydrogen (secondary N) is 1. The van der Waals surface area contributed by atoms with Crippen molar-refractivity contribution in [2.45, 2.75) is 57.0 Å². The van der Waals surface area contributed by atoms with Crippen LogP contribution in [0.1, 0.15) is 44.3 Å². The van der Waals surface area contributed by atoms with E-state index in [9.17, 15) is 9.90 Å². The number of ether oxygens (including phenoxy) is 1. The highest BCUT2D eigenvalue weighted by molar-refractivity contribution is 7.07. The van der Waals surface area contributed by atoms with Crippen molar-refractivity contribution >= 4 is 17.4 Å². The Morgan fingerprint density at radius 1 is 1.36 bits per heavy atom. The number of aliphatic hydroxyl groups excluding tert-OH is 1. The highest BCUT2D eigenvalue weighted by Gasteiger charge is 2.31. The summed E-state index contributed by atoms with van der Waals surface area (Å²) in [6.07, 6.45) is 3.09. The van der Waals surface area contributed by atoms with E-state index in [-0.39, 0.29) is 30.4 Å². The summed E-state index contributed by atoms with van der Waals surface area (Å²) in [6.45, 7) is 3.24. The summed E-state index contributed by atoms with van der Waals surface area (Å²) in [5.41, 5.74) is 1.15. The Morgan fingerprint density at radius 3 is 2.82 bits per heavy atom. The minimum atomic E-state index is -0.195. The quantitative estimate of drug-likeness (QED) is 0.879. The fourth-order valence-corrected chi connectivity index (χ4v) is 3.95. The molecule has 3 rings (SSSR count). The summed E-state index contributed by atoms with van der Waals surface area (Å²) in [5.74, 6) is 0. The molecule has 2 N–H and O–H groups in total. The molecule has 2 amide bonds. The van der Waals surface area contributed by atoms with Gasteiger partial charge in [-0.05, 0) is 55.0 Å². The lowest BCUT2D eigenvalue weighted by atomic mass is 9.93. The van der Waals surface area contributed by atoms with Gasteiger partial charge in [-0.25, -0.2) is 4.79 Å². The average molecular weight is 324 g/mol. The Labute approximate surface area is 135 Å². The molecule has 6 heteroatoms. The number of urea groups is 1. The van der Waals surface area contributed by atoms with Crippen LogP contribution in [0.25, 0.3) is 0 Å². The fourth-order valence-electron chi connectivity index (χ4n) is 3.25. The third kappa shape index (κ3) is 3.80. The molecule has 2 unspecified atom stereocenters. The van der Waals surface area contributed by atoms with Gasteiger partial charge in [-0.1, -0.05) is 0 Å². The van der Waals surface area contributed by atoms with Crippen LogP contribution in [0.3, 0.4) is 0 Å². The molecule has 2 aliphatic rings. The molecule has 0 radical (unpaired) electrons. The van der Waals surface area contributed by atoms with E-state index in [4.69, 9.17) is 4.74 Å². The predicted octanol–water partition coefficient (Wildman–Crippen LogP) is 2.52. The van der Waals surface area contributed by atoms with Crippen LogP contribution < -0.4 is 5.32 Å². The first-order valence-electron chi connectivity index (χ1n) is 8.03. The summed E-state index contributed by atoms with van der Waals surface area (Å²) in [5, 5.41) is 16.8. The number of morpholine rings is 1. The number of rotatable bonds is 2. The molecule has 22 heavy (non-hydrogen) atoms. The maximum absolute atomic E-state index is 12.5. The van der Waals surface area contributed by atoms with E-state index < -0.39 is 0 Å². The van der Waals surface area contributed by atoms with Crippen molar-refractivity contribution in [2.75, 3.05) is 13.1 Å². The van der Waals surface area contributed by atoms with Crippen LogP contribution in [-0.2, 0) is 4.74 Å². The zero-order valence-corrected chi connectivity index (χ0v) is 13.7. The van der Waals surface area contributed by atoms with E-state index in [1.807, 2.05) is 17.2 Å². The van der Waals surface area contributed by atoms with Crippen molar-refractivity contribution in [3.05, 3.63) is 22.4 Å². The minimum Gasteiger partial charge on any atom is -0.393 e. The number of hydrogen-bond donors (Lipinski definition) is 2. The van der Waals surface area contributed by atoms with Crippen molar-refractivity contribution in [3.8, 4) is 0 Å². The maximum atomic E-state index is 12.5. The van der Waals surface area contributed by atoms with Gasteiger partial charge in [-0.2, -0.15) is 11.3 Å². The van der Waals surface area contributed by atoms with E-state index in [0.717, 1.165) is 31.2 Å². The minimum absolute atomic E-state index is 0.00299. The standard InChI is InChI=1S/C16H24N2O3S/c1-11-8-18(9-15(21-11)12-6-7-22-10-12)16(20)17-13-2-4-14(19)5-3-13/h6-7,10-11,13-15,19H,2-5,8-9H2,1H3,(H,17,20). The van der Waals surface area contributed by atoms with E-state index in [0.29, 0.717) is 13.1 Å². The number of nitrogens with zero attached hydrogens (tertiary/aromatic N) is 1. The largest absolute Gasteiger partial charge is 0.393 e. The molecule has 1 aliphatic heterocycles. The second kappa shape index (κ2) is 6.98. The lowest BCUT2D eigenvalue weighted by molar-refractivity contribution is -0.0658. The molecule has 122 valence electrons. The normalized spacial score (nSPS) is 32.7. The molecule has 1 saturated carbocycles. The van der Waals surface area contributed by atoms with Gasteiger partial charge in [-0.3, -0.25) is 0 Å². The first-order chi connectivity index (χ1) is 10.6. The first kappa shape index (κ1) is 15.8. The molecule has 1 saturated heterocycles. The molecule has 0 aromatic carbocycles. The summed E-state index contributed by atoms with van der Waals surface area (Å²) < 4.78 is 5.97. The van der Waals surface area contributed by atoms with Crippen molar-refractivity contribution < 1.29 is 14.6 Å². The van der Waals surface area contributed by atoms with Crippen molar-refractivity contribution in [2.24, 2.45) is 0 Å². The number of amides is 2. The van der Waals surface area contributed by atoms with Crippen LogP contribution in [0.5, 0.6) is 0 Å². The van der Waals surface area contributed by atoms with Gasteiger partial charge in [-0.15, -0.1) is 0 Å². The van der Waals surface area contributed by atoms with Gasteiger partial charge in [0, 0.05) is 12.6 Å². The summed E-state index contributed by atoms with van der Waals surface area (Å²) in [7, 11) is 0. The molecule has 1 aliphatic carbocycles. The molecule has 2 atom stereocenters. The molecule has 5 nitrogen and oxygen atoms in total. The lowest BCUT2D eigenvalue weighted by Crippen LogP contribution is -2.52. The lowest BCUT2D eigenvalue weighted by Gasteiger charge is -2.38. The van der Waals surface area contributed by atoms with Crippen LogP contribution in [0.4, 0.5) is 4.79 Å². The Kier molecular flexibility index (Phi) is 5.00. The van der Waals surface area contributed by atoms with Crippen molar-refractivity contribution in [3.63, 3.8) is 0 Å². The topological polar surface area (TPSA) is 61.8 Å². The summed E-state index contributed by atoms with van der Waals surface area (Å²) in [6, 6.07) is 2.25. The second-order valence-corrected chi connectivity index (χ2v) is 7.13. The summed E-state index contributed by atoms with van der Waals surface area (Å²) >= 11 is 1.65. The number of aliphatic hydroxyl groups is 1. The van der Waals surface area contributed by atoms with Crippen LogP contribution in [0, 0.1) is 0 Å². The molecule has 2 heterocycles. The molecular formula is C16H24N2O3S. The van der Waals surface area contributed by atoms with Crippen LogP contribution in [0.2, 0.25) is 0 Å². The monoisotopic (exact) mass is 324 g/mol. The van der Waals surface area contributed by atoms with E-state index >= 15 is 0 Å². The summed E-state index contributed by atoms with van der Waals surface area (Å²) in [4.78, 5) is 14.4. The SMILES string of the molecule is CC1CN(C(=O)NC2CCC(O)CC2)CC(c2ccsc2)O1. The van der Waals surface area contributed by atoms with Crippen LogP contribution >= 0.6 is 11.3 Å². The predicted molar refractivity (Wildman–Crippen MR) is 86.0 cm³/mol. The van der Waals surface area contributed by atoms with Gasteiger partial charge in [0.05, 0.1) is 18.8 Å². The van der Waals surface area contributed by atoms with Gasteiger partial charge < -0.3 is 20.1 Å². The van der Waals surface area contributed by atoms with Crippen molar-refractivity contribution in [1.82, 2.24) is 10.2 Å². The first-order valence-corrected chi connectivity index (χ1v) is 8.97. The second-order valence-electron chi connectivity index (χ2n) is 6.35.